The molecule has 1 fully saturated rings. The first-order chi connectivity index (χ1) is 9.65. The molecule has 3 rings (SSSR count). The van der Waals surface area contributed by atoms with Gasteiger partial charge in [-0.05, 0) is 30.5 Å². The number of rotatable bonds is 3. The number of carbonyl (C=O) groups excluding carboxylic acids is 1. The molecular weight excluding hydrogens is 257 g/mol. The number of benzene rings is 1. The Kier molecular flexibility index (Phi) is 3.42. The lowest BCUT2D eigenvalue weighted by atomic mass is 10.1. The number of amides is 1. The zero-order valence-corrected chi connectivity index (χ0v) is 11.4. The largest absolute Gasteiger partial charge is 0.352 e. The molecule has 1 aromatic rings. The maximum absolute atomic E-state index is 13.2. The van der Waals surface area contributed by atoms with Crippen molar-refractivity contribution in [2.75, 3.05) is 19.6 Å². The van der Waals surface area contributed by atoms with Crippen LogP contribution in [0, 0.1) is 11.2 Å². The van der Waals surface area contributed by atoms with E-state index in [1.165, 1.54) is 12.1 Å². The number of halogens is 1. The van der Waals surface area contributed by atoms with Gasteiger partial charge in [0.25, 0.3) is 0 Å². The number of fused-ring (bicyclic) bond motifs is 1. The highest BCUT2D eigenvalue weighted by atomic mass is 19.1. The Morgan fingerprint density at radius 2 is 2.05 bits per heavy atom. The number of nitrogens with one attached hydrogen (secondary N) is 1. The fourth-order valence-corrected chi connectivity index (χ4v) is 2.91. The quantitative estimate of drug-likeness (QED) is 0.917. The van der Waals surface area contributed by atoms with E-state index in [0.717, 1.165) is 31.5 Å². The van der Waals surface area contributed by atoms with Crippen LogP contribution in [0.4, 0.5) is 4.39 Å². The Bertz CT molecular complexity index is 552. The van der Waals surface area contributed by atoms with Gasteiger partial charge in [0.05, 0.1) is 0 Å². The minimum Gasteiger partial charge on any atom is -0.352 e. The first-order valence-corrected chi connectivity index (χ1v) is 7.05. The molecule has 4 nitrogen and oxygen atoms in total. The molecule has 0 bridgehead atoms. The number of hydrogen-bond acceptors (Lipinski definition) is 2. The predicted molar refractivity (Wildman–Crippen MR) is 74.1 cm³/mol. The van der Waals surface area contributed by atoms with Crippen molar-refractivity contribution in [3.8, 4) is 0 Å². The van der Waals surface area contributed by atoms with Crippen LogP contribution in [0.3, 0.4) is 0 Å². The Morgan fingerprint density at radius 3 is 2.80 bits per heavy atom. The molecular formula is C15H18FN3O. The lowest BCUT2D eigenvalue weighted by Crippen LogP contribution is -2.33. The zero-order valence-electron chi connectivity index (χ0n) is 11.4. The summed E-state index contributed by atoms with van der Waals surface area (Å²) in [6.45, 7) is 2.86. The van der Waals surface area contributed by atoms with Crippen LogP contribution in [0.2, 0.25) is 0 Å². The van der Waals surface area contributed by atoms with Gasteiger partial charge >= 0.3 is 0 Å². The van der Waals surface area contributed by atoms with Crippen LogP contribution in [0.25, 0.3) is 0 Å². The third-order valence-electron chi connectivity index (χ3n) is 4.06. The fraction of sp³-hybridized carbons (Fsp3) is 0.467. The second kappa shape index (κ2) is 5.23. The molecule has 0 atom stereocenters. The number of carbonyl (C=O) groups is 1. The van der Waals surface area contributed by atoms with E-state index >= 15 is 0 Å². The highest BCUT2D eigenvalue weighted by Gasteiger charge is 2.26. The van der Waals surface area contributed by atoms with E-state index in [1.54, 1.807) is 6.07 Å². The SMILES string of the molecule is N=C1c2cc(F)ccc2CN1CCC(=O)N1CCCC1. The molecule has 1 amide bonds. The van der Waals surface area contributed by atoms with Crippen LogP contribution in [0.15, 0.2) is 18.2 Å². The van der Waals surface area contributed by atoms with Crippen molar-refractivity contribution >= 4 is 11.7 Å². The minimum absolute atomic E-state index is 0.164. The lowest BCUT2D eigenvalue weighted by molar-refractivity contribution is -0.130. The monoisotopic (exact) mass is 275 g/mol. The molecule has 2 aliphatic heterocycles. The summed E-state index contributed by atoms with van der Waals surface area (Å²) in [6, 6.07) is 4.55. The van der Waals surface area contributed by atoms with Gasteiger partial charge in [-0.15, -0.1) is 0 Å². The minimum atomic E-state index is -0.316. The summed E-state index contributed by atoms with van der Waals surface area (Å²) >= 11 is 0. The molecule has 5 heteroatoms. The number of hydrogen-bond donors (Lipinski definition) is 1. The average molecular weight is 275 g/mol. The standard InChI is InChI=1S/C15H18FN3O/c16-12-4-3-11-10-19(15(17)13(11)9-12)8-5-14(20)18-6-1-2-7-18/h3-4,9,17H,1-2,5-8,10H2. The summed E-state index contributed by atoms with van der Waals surface area (Å²) in [5.74, 6) is 0.176. The summed E-state index contributed by atoms with van der Waals surface area (Å²) in [4.78, 5) is 15.7. The molecule has 1 N–H and O–H groups in total. The van der Waals surface area contributed by atoms with Gasteiger partial charge in [0.1, 0.15) is 11.7 Å². The van der Waals surface area contributed by atoms with Crippen molar-refractivity contribution in [3.63, 3.8) is 0 Å². The van der Waals surface area contributed by atoms with Gasteiger partial charge in [-0.3, -0.25) is 10.2 Å². The average Bonchev–Trinajstić information content (AvgIpc) is 3.06. The van der Waals surface area contributed by atoms with E-state index in [2.05, 4.69) is 0 Å². The van der Waals surface area contributed by atoms with E-state index in [9.17, 15) is 9.18 Å². The van der Waals surface area contributed by atoms with Crippen molar-refractivity contribution in [3.05, 3.63) is 35.1 Å². The Labute approximate surface area is 117 Å². The Hall–Kier alpha value is -1.91. The van der Waals surface area contributed by atoms with Crippen LogP contribution in [0.5, 0.6) is 0 Å². The summed E-state index contributed by atoms with van der Waals surface area (Å²) in [5, 5.41) is 8.07. The summed E-state index contributed by atoms with van der Waals surface area (Å²) in [5.41, 5.74) is 1.61. The third kappa shape index (κ3) is 2.40. The third-order valence-corrected chi connectivity index (χ3v) is 4.06. The molecule has 0 spiro atoms. The molecule has 0 unspecified atom stereocenters. The second-order valence-corrected chi connectivity index (χ2v) is 5.41. The zero-order chi connectivity index (χ0) is 14.1. The number of nitrogens with zero attached hydrogens (tertiary/aromatic N) is 2. The van der Waals surface area contributed by atoms with Crippen LogP contribution in [-0.2, 0) is 11.3 Å². The van der Waals surface area contributed by atoms with Gasteiger partial charge in [0.2, 0.25) is 5.91 Å². The topological polar surface area (TPSA) is 47.4 Å². The normalized spacial score (nSPS) is 17.8. The molecule has 1 saturated heterocycles. The van der Waals surface area contributed by atoms with Crippen LogP contribution in [-0.4, -0.2) is 41.2 Å². The highest BCUT2D eigenvalue weighted by Crippen LogP contribution is 2.23. The van der Waals surface area contributed by atoms with Crippen LogP contribution < -0.4 is 0 Å². The van der Waals surface area contributed by atoms with Crippen molar-refractivity contribution in [2.24, 2.45) is 0 Å². The van der Waals surface area contributed by atoms with E-state index in [0.29, 0.717) is 30.9 Å². The van der Waals surface area contributed by atoms with Gasteiger partial charge in [0, 0.05) is 38.2 Å². The second-order valence-electron chi connectivity index (χ2n) is 5.41. The highest BCUT2D eigenvalue weighted by molar-refractivity contribution is 6.00. The van der Waals surface area contributed by atoms with Crippen molar-refractivity contribution < 1.29 is 9.18 Å². The van der Waals surface area contributed by atoms with E-state index in [-0.39, 0.29) is 11.7 Å². The van der Waals surface area contributed by atoms with Crippen molar-refractivity contribution in [1.82, 2.24) is 9.80 Å². The van der Waals surface area contributed by atoms with Gasteiger partial charge in [-0.2, -0.15) is 0 Å². The van der Waals surface area contributed by atoms with E-state index in [1.807, 2.05) is 9.80 Å². The Balaban J connectivity index is 1.60. The lowest BCUT2D eigenvalue weighted by Gasteiger charge is -2.20. The first-order valence-electron chi connectivity index (χ1n) is 7.05. The molecule has 0 aromatic heterocycles. The van der Waals surface area contributed by atoms with Crippen molar-refractivity contribution in [2.45, 2.75) is 25.8 Å². The van der Waals surface area contributed by atoms with E-state index in [4.69, 9.17) is 5.41 Å². The summed E-state index contributed by atoms with van der Waals surface area (Å²) in [7, 11) is 0. The maximum Gasteiger partial charge on any atom is 0.224 e. The Morgan fingerprint density at radius 1 is 1.30 bits per heavy atom. The molecule has 2 heterocycles. The van der Waals surface area contributed by atoms with Gasteiger partial charge in [-0.1, -0.05) is 6.07 Å². The van der Waals surface area contributed by atoms with Crippen LogP contribution >= 0.6 is 0 Å². The molecule has 20 heavy (non-hydrogen) atoms. The molecule has 2 aliphatic rings. The fourth-order valence-electron chi connectivity index (χ4n) is 2.91. The van der Waals surface area contributed by atoms with E-state index < -0.39 is 0 Å². The first kappa shape index (κ1) is 13.1. The van der Waals surface area contributed by atoms with Gasteiger partial charge < -0.3 is 9.80 Å². The number of amidine groups is 1. The smallest absolute Gasteiger partial charge is 0.224 e. The molecule has 0 radical (unpaired) electrons. The molecule has 106 valence electrons. The molecule has 0 aliphatic carbocycles. The van der Waals surface area contributed by atoms with Gasteiger partial charge in [0.15, 0.2) is 0 Å². The predicted octanol–water partition coefficient (Wildman–Crippen LogP) is 1.98. The summed E-state index contributed by atoms with van der Waals surface area (Å²) < 4.78 is 13.2. The number of likely N-dealkylation sites (tertiary alicyclic amines) is 1. The molecule has 0 saturated carbocycles. The molecule has 1 aromatic carbocycles. The van der Waals surface area contributed by atoms with Gasteiger partial charge in [-0.25, -0.2) is 4.39 Å². The maximum atomic E-state index is 13.2. The van der Waals surface area contributed by atoms with Crippen molar-refractivity contribution in [1.29, 1.82) is 5.41 Å². The summed E-state index contributed by atoms with van der Waals surface area (Å²) in [6.07, 6.45) is 2.62. The van der Waals surface area contributed by atoms with Crippen LogP contribution in [0.1, 0.15) is 30.4 Å².